The molecule has 1 saturated carbocycles. The Balaban J connectivity index is 1.57. The van der Waals surface area contributed by atoms with Crippen molar-refractivity contribution in [2.45, 2.75) is 38.1 Å². The van der Waals surface area contributed by atoms with E-state index in [1.165, 1.54) is 24.0 Å². The van der Waals surface area contributed by atoms with Crippen LogP contribution in [-0.2, 0) is 6.42 Å². The van der Waals surface area contributed by atoms with Gasteiger partial charge < -0.3 is 0 Å². The van der Waals surface area contributed by atoms with Gasteiger partial charge in [-0.1, -0.05) is 23.7 Å². The summed E-state index contributed by atoms with van der Waals surface area (Å²) in [4.78, 5) is 14.6. The smallest absolute Gasteiger partial charge is 0.296 e. The second-order valence-electron chi connectivity index (χ2n) is 7.19. The van der Waals surface area contributed by atoms with Gasteiger partial charge in [0.1, 0.15) is 0 Å². The zero-order valence-corrected chi connectivity index (χ0v) is 15.8. The molecule has 1 aliphatic heterocycles. The first-order valence-electron chi connectivity index (χ1n) is 9.02. The molecular formula is C21H22ClN3O. The van der Waals surface area contributed by atoms with E-state index in [0.717, 1.165) is 17.7 Å². The first kappa shape index (κ1) is 17.1. The van der Waals surface area contributed by atoms with Crippen LogP contribution in [0.1, 0.15) is 42.4 Å². The Morgan fingerprint density at radius 2 is 1.92 bits per heavy atom. The summed E-state index contributed by atoms with van der Waals surface area (Å²) in [6.07, 6.45) is 5.18. The molecule has 0 radical (unpaired) electrons. The van der Waals surface area contributed by atoms with Crippen molar-refractivity contribution in [2.75, 3.05) is 11.9 Å². The molecule has 2 aromatic carbocycles. The maximum absolute atomic E-state index is 13.0. The lowest BCUT2D eigenvalue weighted by Crippen LogP contribution is -2.43. The number of carbonyl (C=O) groups excluding carboxylic acids is 1. The maximum atomic E-state index is 13.0. The number of anilines is 1. The summed E-state index contributed by atoms with van der Waals surface area (Å²) in [6, 6.07) is 13.7. The highest BCUT2D eigenvalue weighted by Crippen LogP contribution is 2.40. The molecule has 2 amide bonds. The van der Waals surface area contributed by atoms with Crippen LogP contribution in [0, 0.1) is 0 Å². The Morgan fingerprint density at radius 3 is 2.62 bits per heavy atom. The third kappa shape index (κ3) is 3.34. The summed E-state index contributed by atoms with van der Waals surface area (Å²) in [5.74, 6) is 0.711. The standard InChI is InChI=1S/C21H22ClN3O/c1-14-11-16-5-6-17(15-3-4-15)12-18(16)13-23-25(14)21(26)24(2)20-9-7-19(22)8-10-20/h5-10,12-15H,3-4,11H2,1-2H3. The molecule has 134 valence electrons. The molecule has 0 aromatic heterocycles. The van der Waals surface area contributed by atoms with Crippen LogP contribution in [0.15, 0.2) is 47.6 Å². The summed E-state index contributed by atoms with van der Waals surface area (Å²) in [6.45, 7) is 2.04. The third-order valence-corrected chi connectivity index (χ3v) is 5.42. The number of fused-ring (bicyclic) bond motifs is 1. The predicted molar refractivity (Wildman–Crippen MR) is 106 cm³/mol. The molecule has 0 saturated heterocycles. The molecule has 1 aliphatic carbocycles. The number of rotatable bonds is 2. The zero-order valence-electron chi connectivity index (χ0n) is 15.0. The van der Waals surface area contributed by atoms with Gasteiger partial charge in [-0.05, 0) is 79.1 Å². The lowest BCUT2D eigenvalue weighted by atomic mass is 9.98. The van der Waals surface area contributed by atoms with Crippen molar-refractivity contribution in [2.24, 2.45) is 5.10 Å². The average molecular weight is 368 g/mol. The number of hydrogen-bond donors (Lipinski definition) is 0. The molecule has 2 aliphatic rings. The van der Waals surface area contributed by atoms with Gasteiger partial charge in [0.25, 0.3) is 0 Å². The molecule has 0 spiro atoms. The fraction of sp³-hybridized carbons (Fsp3) is 0.333. The molecule has 1 atom stereocenters. The molecule has 4 rings (SSSR count). The van der Waals surface area contributed by atoms with Crippen molar-refractivity contribution in [3.8, 4) is 0 Å². The van der Waals surface area contributed by atoms with Gasteiger partial charge in [-0.2, -0.15) is 5.10 Å². The molecule has 0 N–H and O–H groups in total. The Hall–Kier alpha value is -2.33. The van der Waals surface area contributed by atoms with Gasteiger partial charge in [-0.3, -0.25) is 4.90 Å². The second kappa shape index (κ2) is 6.76. The van der Waals surface area contributed by atoms with Crippen LogP contribution in [-0.4, -0.2) is 30.3 Å². The van der Waals surface area contributed by atoms with Gasteiger partial charge in [0.15, 0.2) is 0 Å². The number of carbonyl (C=O) groups is 1. The van der Waals surface area contributed by atoms with E-state index in [1.807, 2.05) is 25.3 Å². The minimum atomic E-state index is -0.147. The van der Waals surface area contributed by atoms with Crippen LogP contribution < -0.4 is 4.90 Å². The summed E-state index contributed by atoms with van der Waals surface area (Å²) in [5, 5.41) is 6.75. The first-order valence-corrected chi connectivity index (χ1v) is 9.40. The molecule has 0 bridgehead atoms. The Morgan fingerprint density at radius 1 is 1.19 bits per heavy atom. The first-order chi connectivity index (χ1) is 12.5. The van der Waals surface area contributed by atoms with E-state index >= 15 is 0 Å². The van der Waals surface area contributed by atoms with E-state index in [2.05, 4.69) is 23.3 Å². The average Bonchev–Trinajstić information content (AvgIpc) is 3.48. The van der Waals surface area contributed by atoms with Crippen LogP contribution in [0.2, 0.25) is 5.02 Å². The summed E-state index contributed by atoms with van der Waals surface area (Å²) in [5.41, 5.74) is 4.56. The summed E-state index contributed by atoms with van der Waals surface area (Å²) in [7, 11) is 1.76. The molecule has 1 fully saturated rings. The van der Waals surface area contributed by atoms with Gasteiger partial charge in [0, 0.05) is 17.8 Å². The monoisotopic (exact) mass is 367 g/mol. The number of hydrazone groups is 1. The van der Waals surface area contributed by atoms with Crippen molar-refractivity contribution < 1.29 is 4.79 Å². The van der Waals surface area contributed by atoms with Crippen LogP contribution in [0.25, 0.3) is 0 Å². The topological polar surface area (TPSA) is 35.9 Å². The van der Waals surface area contributed by atoms with Gasteiger partial charge in [0.2, 0.25) is 0 Å². The van der Waals surface area contributed by atoms with Crippen molar-refractivity contribution >= 4 is 29.5 Å². The Labute approximate surface area is 159 Å². The van der Waals surface area contributed by atoms with Gasteiger partial charge in [0.05, 0.1) is 12.3 Å². The van der Waals surface area contributed by atoms with Gasteiger partial charge >= 0.3 is 6.03 Å². The highest BCUT2D eigenvalue weighted by molar-refractivity contribution is 6.30. The number of nitrogens with zero attached hydrogens (tertiary/aromatic N) is 3. The number of halogens is 1. The lowest BCUT2D eigenvalue weighted by molar-refractivity contribution is 0.190. The fourth-order valence-electron chi connectivity index (χ4n) is 3.40. The van der Waals surface area contributed by atoms with Crippen LogP contribution in [0.3, 0.4) is 0 Å². The van der Waals surface area contributed by atoms with Gasteiger partial charge in [-0.15, -0.1) is 0 Å². The van der Waals surface area contributed by atoms with E-state index in [1.54, 1.807) is 29.1 Å². The number of benzene rings is 2. The molecule has 4 nitrogen and oxygen atoms in total. The minimum Gasteiger partial charge on any atom is -0.296 e. The number of amides is 2. The van der Waals surface area contributed by atoms with E-state index in [9.17, 15) is 4.79 Å². The third-order valence-electron chi connectivity index (χ3n) is 5.17. The predicted octanol–water partition coefficient (Wildman–Crippen LogP) is 5.05. The highest BCUT2D eigenvalue weighted by atomic mass is 35.5. The van der Waals surface area contributed by atoms with Crippen molar-refractivity contribution in [1.29, 1.82) is 0 Å². The molecule has 1 unspecified atom stereocenters. The normalized spacial score (nSPS) is 19.0. The molecule has 2 aromatic rings. The van der Waals surface area contributed by atoms with Crippen LogP contribution >= 0.6 is 11.6 Å². The fourth-order valence-corrected chi connectivity index (χ4v) is 3.53. The van der Waals surface area contributed by atoms with Crippen molar-refractivity contribution in [3.05, 3.63) is 64.2 Å². The molecule has 1 heterocycles. The largest absolute Gasteiger partial charge is 0.344 e. The minimum absolute atomic E-state index is 0.0125. The van der Waals surface area contributed by atoms with Crippen molar-refractivity contribution in [3.63, 3.8) is 0 Å². The van der Waals surface area contributed by atoms with Crippen LogP contribution in [0.5, 0.6) is 0 Å². The summed E-state index contributed by atoms with van der Waals surface area (Å²) >= 11 is 5.94. The highest BCUT2D eigenvalue weighted by Gasteiger charge is 2.28. The second-order valence-corrected chi connectivity index (χ2v) is 7.63. The zero-order chi connectivity index (χ0) is 18.3. The van der Waals surface area contributed by atoms with E-state index < -0.39 is 0 Å². The SMILES string of the molecule is CC1Cc2ccc(C3CC3)cc2C=NN1C(=O)N(C)c1ccc(Cl)cc1. The van der Waals surface area contributed by atoms with Crippen LogP contribution in [0.4, 0.5) is 10.5 Å². The number of hydrogen-bond acceptors (Lipinski definition) is 2. The van der Waals surface area contributed by atoms with E-state index in [0.29, 0.717) is 10.9 Å². The maximum Gasteiger partial charge on any atom is 0.344 e. The quantitative estimate of drug-likeness (QED) is 0.731. The Kier molecular flexibility index (Phi) is 4.45. The Bertz CT molecular complexity index is 858. The van der Waals surface area contributed by atoms with Crippen molar-refractivity contribution in [1.82, 2.24) is 5.01 Å². The lowest BCUT2D eigenvalue weighted by Gasteiger charge is -2.28. The molecule has 26 heavy (non-hydrogen) atoms. The van der Waals surface area contributed by atoms with E-state index in [-0.39, 0.29) is 12.1 Å². The van der Waals surface area contributed by atoms with E-state index in [4.69, 9.17) is 11.6 Å². The summed E-state index contributed by atoms with van der Waals surface area (Å²) < 4.78 is 0. The molecular weight excluding hydrogens is 346 g/mol. The van der Waals surface area contributed by atoms with Gasteiger partial charge in [-0.25, -0.2) is 9.80 Å². The number of urea groups is 1. The molecule has 5 heteroatoms.